The van der Waals surface area contributed by atoms with E-state index in [0.717, 1.165) is 16.5 Å². The van der Waals surface area contributed by atoms with Crippen molar-refractivity contribution in [1.29, 1.82) is 0 Å². The lowest BCUT2D eigenvalue weighted by molar-refractivity contribution is 0.581. The first-order valence-corrected chi connectivity index (χ1v) is 9.35. The van der Waals surface area contributed by atoms with Crippen LogP contribution in [-0.4, -0.2) is 24.9 Å². The van der Waals surface area contributed by atoms with Gasteiger partial charge in [0.25, 0.3) is 0 Å². The number of halogens is 2. The molecule has 124 valence electrons. The second-order valence-corrected chi connectivity index (χ2v) is 7.54. The molecule has 3 rings (SSSR count). The van der Waals surface area contributed by atoms with Gasteiger partial charge in [-0.05, 0) is 30.2 Å². The molecule has 0 fully saturated rings. The summed E-state index contributed by atoms with van der Waals surface area (Å²) in [5, 5.41) is 1.01. The third-order valence-corrected chi connectivity index (χ3v) is 5.58. The summed E-state index contributed by atoms with van der Waals surface area (Å²) >= 11 is 11.6. The topological polar surface area (TPSA) is 72.0 Å². The lowest BCUT2D eigenvalue weighted by atomic mass is 10.1. The Kier molecular flexibility index (Phi) is 5.01. The van der Waals surface area contributed by atoms with Gasteiger partial charge in [0.05, 0.1) is 5.52 Å². The Hall–Kier alpha value is -1.73. The predicted molar refractivity (Wildman–Crippen MR) is 94.9 cm³/mol. The highest BCUT2D eigenvalue weighted by Gasteiger charge is 2.18. The van der Waals surface area contributed by atoms with Crippen molar-refractivity contribution in [3.8, 4) is 0 Å². The molecule has 0 radical (unpaired) electrons. The molecule has 0 aliphatic rings. The van der Waals surface area contributed by atoms with Gasteiger partial charge in [-0.15, -0.1) is 0 Å². The summed E-state index contributed by atoms with van der Waals surface area (Å²) in [6.07, 6.45) is 2.22. The van der Waals surface area contributed by atoms with Crippen LogP contribution in [0.25, 0.3) is 10.9 Å². The third kappa shape index (κ3) is 3.67. The maximum atomic E-state index is 12.3. The summed E-state index contributed by atoms with van der Waals surface area (Å²) in [6, 6.07) is 12.4. The molecule has 0 saturated heterocycles. The lowest BCUT2D eigenvalue weighted by Gasteiger charge is -2.09. The van der Waals surface area contributed by atoms with Gasteiger partial charge in [0, 0.05) is 18.1 Å². The first kappa shape index (κ1) is 17.1. The second kappa shape index (κ2) is 7.03. The van der Waals surface area contributed by atoms with Gasteiger partial charge in [0.15, 0.2) is 5.15 Å². The van der Waals surface area contributed by atoms with Crippen LogP contribution >= 0.6 is 23.2 Å². The van der Waals surface area contributed by atoms with Crippen LogP contribution < -0.4 is 4.72 Å². The van der Waals surface area contributed by atoms with Crippen molar-refractivity contribution < 1.29 is 8.42 Å². The van der Waals surface area contributed by atoms with E-state index in [2.05, 4.69) is 14.7 Å². The van der Waals surface area contributed by atoms with Gasteiger partial charge in [-0.2, -0.15) is 0 Å². The first-order valence-electron chi connectivity index (χ1n) is 7.12. The van der Waals surface area contributed by atoms with E-state index in [0.29, 0.717) is 6.42 Å². The number of benzene rings is 1. The maximum absolute atomic E-state index is 12.3. The van der Waals surface area contributed by atoms with Crippen LogP contribution in [0.3, 0.4) is 0 Å². The van der Waals surface area contributed by atoms with E-state index in [4.69, 9.17) is 23.2 Å². The molecule has 0 amide bonds. The zero-order chi connectivity index (χ0) is 17.2. The highest BCUT2D eigenvalue weighted by Crippen LogP contribution is 2.21. The molecular formula is C16H13Cl2N3O2S. The van der Waals surface area contributed by atoms with Crippen LogP contribution in [0.4, 0.5) is 0 Å². The zero-order valence-corrected chi connectivity index (χ0v) is 14.7. The SMILES string of the molecule is O=S(=O)(NCCc1cccc2cccnc12)c1ccc(Cl)nc1Cl. The number of rotatable bonds is 5. The maximum Gasteiger partial charge on any atom is 0.243 e. The summed E-state index contributed by atoms with van der Waals surface area (Å²) in [6.45, 7) is 0.219. The quantitative estimate of drug-likeness (QED) is 0.686. The van der Waals surface area contributed by atoms with Crippen LogP contribution in [0.1, 0.15) is 5.56 Å². The Labute approximate surface area is 149 Å². The molecule has 2 heterocycles. The number of para-hydroxylation sites is 1. The summed E-state index contributed by atoms with van der Waals surface area (Å²) in [7, 11) is -3.75. The summed E-state index contributed by atoms with van der Waals surface area (Å²) in [5.74, 6) is 0. The number of sulfonamides is 1. The molecule has 0 spiro atoms. The number of hydrogen-bond donors (Lipinski definition) is 1. The van der Waals surface area contributed by atoms with Crippen molar-refractivity contribution >= 4 is 44.1 Å². The molecule has 1 aromatic carbocycles. The smallest absolute Gasteiger partial charge is 0.243 e. The van der Waals surface area contributed by atoms with Gasteiger partial charge in [0.2, 0.25) is 10.0 Å². The van der Waals surface area contributed by atoms with Crippen LogP contribution in [0, 0.1) is 0 Å². The fraction of sp³-hybridized carbons (Fsp3) is 0.125. The molecule has 2 aromatic heterocycles. The Bertz CT molecular complexity index is 988. The fourth-order valence-corrected chi connectivity index (χ4v) is 4.06. The largest absolute Gasteiger partial charge is 0.256 e. The van der Waals surface area contributed by atoms with E-state index in [9.17, 15) is 8.42 Å². The van der Waals surface area contributed by atoms with E-state index < -0.39 is 10.0 Å². The Morgan fingerprint density at radius 2 is 1.83 bits per heavy atom. The van der Waals surface area contributed by atoms with Crippen LogP contribution in [0.2, 0.25) is 10.3 Å². The zero-order valence-electron chi connectivity index (χ0n) is 12.4. The number of nitrogens with one attached hydrogen (secondary N) is 1. The molecule has 3 aromatic rings. The van der Waals surface area contributed by atoms with Gasteiger partial charge < -0.3 is 0 Å². The van der Waals surface area contributed by atoms with E-state index in [1.807, 2.05) is 30.3 Å². The average Bonchev–Trinajstić information content (AvgIpc) is 2.54. The van der Waals surface area contributed by atoms with Crippen molar-refractivity contribution in [1.82, 2.24) is 14.7 Å². The Morgan fingerprint density at radius 1 is 1.04 bits per heavy atom. The predicted octanol–water partition coefficient (Wildman–Crippen LogP) is 3.46. The minimum absolute atomic E-state index is 0.0930. The van der Waals surface area contributed by atoms with Crippen molar-refractivity contribution in [3.63, 3.8) is 0 Å². The Balaban J connectivity index is 1.75. The molecule has 0 aliphatic carbocycles. The summed E-state index contributed by atoms with van der Waals surface area (Å²) < 4.78 is 27.2. The van der Waals surface area contributed by atoms with Crippen molar-refractivity contribution in [2.24, 2.45) is 0 Å². The molecule has 0 atom stereocenters. The highest BCUT2D eigenvalue weighted by atomic mass is 35.5. The van der Waals surface area contributed by atoms with E-state index in [1.165, 1.54) is 12.1 Å². The first-order chi connectivity index (χ1) is 11.5. The van der Waals surface area contributed by atoms with Crippen molar-refractivity contribution in [3.05, 3.63) is 64.5 Å². The van der Waals surface area contributed by atoms with E-state index in [1.54, 1.807) is 6.20 Å². The fourth-order valence-electron chi connectivity index (χ4n) is 2.37. The molecule has 0 aliphatic heterocycles. The minimum atomic E-state index is -3.75. The van der Waals surface area contributed by atoms with Crippen LogP contribution in [0.15, 0.2) is 53.6 Å². The second-order valence-electron chi connectivity index (χ2n) is 5.06. The standard InChI is InChI=1S/C16H13Cl2N3O2S/c17-14-7-6-13(16(18)21-14)24(22,23)20-10-8-12-4-1-3-11-5-2-9-19-15(11)12/h1-7,9,20H,8,10H2. The monoisotopic (exact) mass is 381 g/mol. The number of pyridine rings is 2. The molecule has 5 nitrogen and oxygen atoms in total. The molecule has 0 saturated carbocycles. The number of fused-ring (bicyclic) bond motifs is 1. The van der Waals surface area contributed by atoms with E-state index >= 15 is 0 Å². The van der Waals surface area contributed by atoms with Gasteiger partial charge in [-0.3, -0.25) is 4.98 Å². The molecule has 0 bridgehead atoms. The number of nitrogens with zero attached hydrogens (tertiary/aromatic N) is 2. The van der Waals surface area contributed by atoms with Crippen LogP contribution in [-0.2, 0) is 16.4 Å². The van der Waals surface area contributed by atoms with E-state index in [-0.39, 0.29) is 21.7 Å². The van der Waals surface area contributed by atoms with Gasteiger partial charge in [0.1, 0.15) is 10.0 Å². The van der Waals surface area contributed by atoms with Crippen molar-refractivity contribution in [2.75, 3.05) is 6.54 Å². The molecule has 8 heteroatoms. The average molecular weight is 382 g/mol. The molecule has 1 N–H and O–H groups in total. The lowest BCUT2D eigenvalue weighted by Crippen LogP contribution is -2.26. The van der Waals surface area contributed by atoms with Gasteiger partial charge >= 0.3 is 0 Å². The normalized spacial score (nSPS) is 11.8. The van der Waals surface area contributed by atoms with Gasteiger partial charge in [-0.1, -0.05) is 47.5 Å². The van der Waals surface area contributed by atoms with Crippen molar-refractivity contribution in [2.45, 2.75) is 11.3 Å². The van der Waals surface area contributed by atoms with Gasteiger partial charge in [-0.25, -0.2) is 18.1 Å². The van der Waals surface area contributed by atoms with Crippen LogP contribution in [0.5, 0.6) is 0 Å². The number of aromatic nitrogens is 2. The third-order valence-electron chi connectivity index (χ3n) is 3.47. The summed E-state index contributed by atoms with van der Waals surface area (Å²) in [4.78, 5) is 8.01. The Morgan fingerprint density at radius 3 is 2.62 bits per heavy atom. The highest BCUT2D eigenvalue weighted by molar-refractivity contribution is 7.89. The molecular weight excluding hydrogens is 369 g/mol. The number of hydrogen-bond acceptors (Lipinski definition) is 4. The minimum Gasteiger partial charge on any atom is -0.256 e. The molecule has 24 heavy (non-hydrogen) atoms. The summed E-state index contributed by atoms with van der Waals surface area (Å²) in [5.41, 5.74) is 1.83. The molecule has 0 unspecified atom stereocenters.